The van der Waals surface area contributed by atoms with E-state index < -0.39 is 0 Å². The summed E-state index contributed by atoms with van der Waals surface area (Å²) in [5.41, 5.74) is 2.23. The molecule has 0 atom stereocenters. The van der Waals surface area contributed by atoms with Gasteiger partial charge < -0.3 is 4.90 Å². The van der Waals surface area contributed by atoms with Crippen LogP contribution in [0, 0.1) is 6.92 Å². The van der Waals surface area contributed by atoms with Crippen molar-refractivity contribution in [3.8, 4) is 11.4 Å². The summed E-state index contributed by atoms with van der Waals surface area (Å²) in [6.45, 7) is 3.87. The maximum atomic E-state index is 12.2. The lowest BCUT2D eigenvalue weighted by atomic mass is 10.1. The first-order valence-corrected chi connectivity index (χ1v) is 9.29. The molecule has 116 valence electrons. The van der Waals surface area contributed by atoms with Gasteiger partial charge in [0.25, 0.3) is 0 Å². The molecule has 0 spiro atoms. The molecule has 1 amide bonds. The Morgan fingerprint density at radius 1 is 1.32 bits per heavy atom. The molecule has 1 fully saturated rings. The third kappa shape index (κ3) is 3.87. The second kappa shape index (κ2) is 7.24. The fourth-order valence-electron chi connectivity index (χ4n) is 2.53. The molecule has 0 unspecified atom stereocenters. The second-order valence-electron chi connectivity index (χ2n) is 5.48. The van der Waals surface area contributed by atoms with Crippen LogP contribution in [0.2, 0.25) is 0 Å². The lowest BCUT2D eigenvalue weighted by Gasteiger charge is -2.26. The van der Waals surface area contributed by atoms with Crippen LogP contribution < -0.4 is 0 Å². The summed E-state index contributed by atoms with van der Waals surface area (Å²) in [4.78, 5) is 18.7. The highest BCUT2D eigenvalue weighted by atomic mass is 32.2. The van der Waals surface area contributed by atoms with Gasteiger partial charge in [-0.3, -0.25) is 4.79 Å². The highest BCUT2D eigenvalue weighted by Crippen LogP contribution is 2.26. The molecule has 1 aromatic heterocycles. The van der Waals surface area contributed by atoms with Gasteiger partial charge >= 0.3 is 0 Å². The minimum atomic E-state index is 0.219. The molecule has 0 saturated carbocycles. The summed E-state index contributed by atoms with van der Waals surface area (Å²) in [7, 11) is 0. The number of carbonyl (C=O) groups excluding carboxylic acids is 1. The van der Waals surface area contributed by atoms with Gasteiger partial charge in [-0.25, -0.2) is 4.98 Å². The molecular weight excluding hydrogens is 314 g/mol. The van der Waals surface area contributed by atoms with Gasteiger partial charge in [0.15, 0.2) is 10.2 Å². The fraction of sp³-hybridized carbons (Fsp3) is 0.438. The number of thioether (sulfide) groups is 1. The molecule has 2 aromatic rings. The maximum absolute atomic E-state index is 12.2. The predicted octanol–water partition coefficient (Wildman–Crippen LogP) is 3.62. The van der Waals surface area contributed by atoms with Crippen molar-refractivity contribution in [1.82, 2.24) is 14.3 Å². The summed E-state index contributed by atoms with van der Waals surface area (Å²) < 4.78 is 5.27. The van der Waals surface area contributed by atoms with Crippen LogP contribution in [0.1, 0.15) is 24.8 Å². The fourth-order valence-corrected chi connectivity index (χ4v) is 4.05. The van der Waals surface area contributed by atoms with E-state index in [0.717, 1.165) is 41.7 Å². The number of amides is 1. The number of carbonyl (C=O) groups is 1. The van der Waals surface area contributed by atoms with Crippen molar-refractivity contribution >= 4 is 29.2 Å². The van der Waals surface area contributed by atoms with E-state index in [-0.39, 0.29) is 5.91 Å². The molecule has 4 nitrogen and oxygen atoms in total. The molecular formula is C16H19N3OS2. The zero-order valence-corrected chi connectivity index (χ0v) is 14.3. The lowest BCUT2D eigenvalue weighted by molar-refractivity contribution is -0.129. The summed E-state index contributed by atoms with van der Waals surface area (Å²) in [6.07, 6.45) is 3.51. The smallest absolute Gasteiger partial charge is 0.233 e. The first-order chi connectivity index (χ1) is 10.7. The van der Waals surface area contributed by atoms with E-state index in [1.54, 1.807) is 0 Å². The summed E-state index contributed by atoms with van der Waals surface area (Å²) in [5, 5.41) is 0. The third-order valence-corrected chi connectivity index (χ3v) is 5.53. The Labute approximate surface area is 139 Å². The number of piperidine rings is 1. The molecule has 1 aromatic carbocycles. The lowest BCUT2D eigenvalue weighted by Crippen LogP contribution is -2.36. The van der Waals surface area contributed by atoms with Crippen LogP contribution in [0.5, 0.6) is 0 Å². The largest absolute Gasteiger partial charge is 0.342 e. The second-order valence-corrected chi connectivity index (χ2v) is 7.46. The van der Waals surface area contributed by atoms with Crippen LogP contribution in [0.3, 0.4) is 0 Å². The normalized spacial score (nSPS) is 15.0. The predicted molar refractivity (Wildman–Crippen MR) is 91.2 cm³/mol. The van der Waals surface area contributed by atoms with Crippen molar-refractivity contribution in [2.24, 2.45) is 0 Å². The molecule has 0 N–H and O–H groups in total. The Bertz CT molecular complexity index is 650. The molecule has 2 heterocycles. The van der Waals surface area contributed by atoms with E-state index in [0.29, 0.717) is 5.75 Å². The number of likely N-dealkylation sites (tertiary alicyclic amines) is 1. The van der Waals surface area contributed by atoms with Crippen LogP contribution in [-0.4, -0.2) is 39.0 Å². The third-order valence-electron chi connectivity index (χ3n) is 3.71. The van der Waals surface area contributed by atoms with Crippen molar-refractivity contribution < 1.29 is 4.79 Å². The van der Waals surface area contributed by atoms with E-state index in [1.807, 2.05) is 17.0 Å². The summed E-state index contributed by atoms with van der Waals surface area (Å²) in [5.74, 6) is 1.43. The zero-order valence-electron chi connectivity index (χ0n) is 12.6. The average molecular weight is 333 g/mol. The number of hydrogen-bond donors (Lipinski definition) is 0. The number of rotatable bonds is 4. The van der Waals surface area contributed by atoms with E-state index in [4.69, 9.17) is 0 Å². The highest BCUT2D eigenvalue weighted by Gasteiger charge is 2.17. The van der Waals surface area contributed by atoms with Crippen LogP contribution in [0.25, 0.3) is 11.4 Å². The number of aromatic nitrogens is 2. The summed E-state index contributed by atoms with van der Waals surface area (Å²) in [6, 6.07) is 8.17. The molecule has 0 radical (unpaired) electrons. The van der Waals surface area contributed by atoms with Crippen molar-refractivity contribution in [1.29, 1.82) is 0 Å². The minimum Gasteiger partial charge on any atom is -0.342 e. The SMILES string of the molecule is Cc1cccc(-c2nsc(SCC(=O)N3CCCCC3)n2)c1. The molecule has 22 heavy (non-hydrogen) atoms. The molecule has 1 aliphatic heterocycles. The summed E-state index contributed by atoms with van der Waals surface area (Å²) >= 11 is 2.87. The zero-order chi connectivity index (χ0) is 15.4. The number of aryl methyl sites for hydroxylation is 1. The Morgan fingerprint density at radius 2 is 2.14 bits per heavy atom. The van der Waals surface area contributed by atoms with Gasteiger partial charge in [-0.1, -0.05) is 35.5 Å². The Morgan fingerprint density at radius 3 is 2.91 bits per heavy atom. The van der Waals surface area contributed by atoms with E-state index in [9.17, 15) is 4.79 Å². The van der Waals surface area contributed by atoms with E-state index in [2.05, 4.69) is 28.4 Å². The molecule has 0 aliphatic carbocycles. The standard InChI is InChI=1S/C16H19N3OS2/c1-12-6-5-7-13(10-12)15-17-16(22-18-15)21-11-14(20)19-8-3-2-4-9-19/h5-7,10H,2-4,8-9,11H2,1H3. The number of benzene rings is 1. The first kappa shape index (κ1) is 15.5. The van der Waals surface area contributed by atoms with Gasteiger partial charge in [0.05, 0.1) is 5.75 Å². The Kier molecular flexibility index (Phi) is 5.10. The van der Waals surface area contributed by atoms with Crippen molar-refractivity contribution in [2.75, 3.05) is 18.8 Å². The molecule has 6 heteroatoms. The van der Waals surface area contributed by atoms with Crippen molar-refractivity contribution in [3.63, 3.8) is 0 Å². The molecule has 3 rings (SSSR count). The van der Waals surface area contributed by atoms with Crippen molar-refractivity contribution in [2.45, 2.75) is 30.5 Å². The van der Waals surface area contributed by atoms with Gasteiger partial charge in [-0.15, -0.1) is 0 Å². The number of nitrogens with zero attached hydrogens (tertiary/aromatic N) is 3. The van der Waals surface area contributed by atoms with Gasteiger partial charge in [-0.2, -0.15) is 4.37 Å². The quantitative estimate of drug-likeness (QED) is 0.802. The van der Waals surface area contributed by atoms with Gasteiger partial charge in [0.2, 0.25) is 5.91 Å². The molecule has 1 aliphatic rings. The Balaban J connectivity index is 1.59. The molecule has 1 saturated heterocycles. The minimum absolute atomic E-state index is 0.219. The average Bonchev–Trinajstić information content (AvgIpc) is 3.02. The van der Waals surface area contributed by atoms with E-state index in [1.165, 1.54) is 35.3 Å². The van der Waals surface area contributed by atoms with Crippen LogP contribution >= 0.6 is 23.3 Å². The highest BCUT2D eigenvalue weighted by molar-refractivity contribution is 8.01. The maximum Gasteiger partial charge on any atom is 0.233 e. The van der Waals surface area contributed by atoms with Crippen LogP contribution in [0.15, 0.2) is 28.6 Å². The first-order valence-electron chi connectivity index (χ1n) is 7.54. The molecule has 0 bridgehead atoms. The van der Waals surface area contributed by atoms with Gasteiger partial charge in [0, 0.05) is 18.7 Å². The monoisotopic (exact) mass is 333 g/mol. The van der Waals surface area contributed by atoms with Crippen LogP contribution in [-0.2, 0) is 4.79 Å². The topological polar surface area (TPSA) is 46.1 Å². The van der Waals surface area contributed by atoms with Crippen LogP contribution in [0.4, 0.5) is 0 Å². The number of hydrogen-bond acceptors (Lipinski definition) is 5. The van der Waals surface area contributed by atoms with E-state index >= 15 is 0 Å². The Hall–Kier alpha value is -1.40. The van der Waals surface area contributed by atoms with Gasteiger partial charge in [-0.05, 0) is 43.8 Å². The van der Waals surface area contributed by atoms with Gasteiger partial charge in [0.1, 0.15) is 0 Å². The van der Waals surface area contributed by atoms with Crippen molar-refractivity contribution in [3.05, 3.63) is 29.8 Å².